The van der Waals surface area contributed by atoms with E-state index in [1.54, 1.807) is 0 Å². The normalized spacial score (nSPS) is 12.1. The topological polar surface area (TPSA) is 40.9 Å². The average Bonchev–Trinajstić information content (AvgIpc) is 1.63. The van der Waals surface area contributed by atoms with Gasteiger partial charge in [-0.15, -0.1) is 0 Å². The van der Waals surface area contributed by atoms with Gasteiger partial charge in [0, 0.05) is 11.7 Å². The lowest BCUT2D eigenvalue weighted by Crippen LogP contribution is -2.01. The first-order chi connectivity index (χ1) is 4.16. The number of nitriles is 1. The van der Waals surface area contributed by atoms with Crippen LogP contribution in [0.5, 0.6) is 0 Å². The van der Waals surface area contributed by atoms with Gasteiger partial charge in [0.15, 0.2) is 0 Å². The second-order valence-corrected chi connectivity index (χ2v) is 3.15. The fourth-order valence-corrected chi connectivity index (χ4v) is 1.03. The molecule has 3 heteroatoms. The zero-order valence-corrected chi connectivity index (χ0v) is 6.36. The van der Waals surface area contributed by atoms with Crippen molar-refractivity contribution in [3.05, 3.63) is 0 Å². The van der Waals surface area contributed by atoms with Crippen molar-refractivity contribution in [1.82, 2.24) is 0 Å². The molecule has 0 spiro atoms. The Morgan fingerprint density at radius 2 is 2.44 bits per heavy atom. The molecule has 0 saturated heterocycles. The Morgan fingerprint density at radius 3 is 2.78 bits per heavy atom. The fraction of sp³-hybridized carbons (Fsp3) is 0.667. The first kappa shape index (κ1) is 8.51. The summed E-state index contributed by atoms with van der Waals surface area (Å²) in [6, 6.07) is 0. The SMILES string of the molecule is CC(=O)CC(C)SC#N. The summed E-state index contributed by atoms with van der Waals surface area (Å²) >= 11 is 1.14. The van der Waals surface area contributed by atoms with Gasteiger partial charge < -0.3 is 0 Å². The van der Waals surface area contributed by atoms with Gasteiger partial charge >= 0.3 is 0 Å². The summed E-state index contributed by atoms with van der Waals surface area (Å²) in [6.45, 7) is 3.41. The number of hydrogen-bond acceptors (Lipinski definition) is 3. The Labute approximate surface area is 59.2 Å². The molecule has 0 heterocycles. The van der Waals surface area contributed by atoms with Crippen LogP contribution in [0, 0.1) is 10.7 Å². The molecule has 0 N–H and O–H groups in total. The van der Waals surface area contributed by atoms with Gasteiger partial charge in [0.05, 0.1) is 0 Å². The minimum Gasteiger partial charge on any atom is -0.300 e. The van der Waals surface area contributed by atoms with Crippen LogP contribution in [0.4, 0.5) is 0 Å². The number of thioether (sulfide) groups is 1. The highest BCUT2D eigenvalue weighted by Gasteiger charge is 2.03. The van der Waals surface area contributed by atoms with E-state index in [-0.39, 0.29) is 11.0 Å². The highest BCUT2D eigenvalue weighted by Crippen LogP contribution is 2.11. The Morgan fingerprint density at radius 1 is 1.89 bits per heavy atom. The zero-order valence-electron chi connectivity index (χ0n) is 5.55. The molecule has 2 nitrogen and oxygen atoms in total. The van der Waals surface area contributed by atoms with E-state index in [1.165, 1.54) is 6.92 Å². The molecule has 0 saturated carbocycles. The van der Waals surface area contributed by atoms with Crippen LogP contribution in [0.3, 0.4) is 0 Å². The minimum absolute atomic E-state index is 0.144. The maximum Gasteiger partial charge on any atom is 0.133 e. The Hall–Kier alpha value is -0.490. The molecule has 9 heavy (non-hydrogen) atoms. The molecule has 0 amide bonds. The Kier molecular flexibility index (Phi) is 4.16. The number of carbonyl (C=O) groups excluding carboxylic acids is 1. The van der Waals surface area contributed by atoms with Crippen molar-refractivity contribution < 1.29 is 4.79 Å². The van der Waals surface area contributed by atoms with Crippen molar-refractivity contribution in [1.29, 1.82) is 5.26 Å². The summed E-state index contributed by atoms with van der Waals surface area (Å²) in [5, 5.41) is 10.2. The number of nitrogens with zero attached hydrogens (tertiary/aromatic N) is 1. The van der Waals surface area contributed by atoms with Crippen molar-refractivity contribution in [2.45, 2.75) is 25.5 Å². The van der Waals surface area contributed by atoms with Gasteiger partial charge in [0.2, 0.25) is 0 Å². The standard InChI is InChI=1S/C6H9NOS/c1-5(8)3-6(2)9-4-7/h6H,3H2,1-2H3. The third-order valence-corrected chi connectivity index (χ3v) is 1.50. The molecule has 0 aliphatic rings. The maximum absolute atomic E-state index is 10.4. The van der Waals surface area contributed by atoms with Crippen LogP contribution in [0.25, 0.3) is 0 Å². The lowest BCUT2D eigenvalue weighted by atomic mass is 10.2. The summed E-state index contributed by atoms with van der Waals surface area (Å²) < 4.78 is 0. The van der Waals surface area contributed by atoms with Crippen LogP contribution < -0.4 is 0 Å². The van der Waals surface area contributed by atoms with Crippen molar-refractivity contribution in [2.24, 2.45) is 0 Å². The molecular formula is C6H9NOS. The number of ketones is 1. The number of rotatable bonds is 3. The molecule has 1 unspecified atom stereocenters. The molecule has 0 bridgehead atoms. The van der Waals surface area contributed by atoms with Gasteiger partial charge in [-0.3, -0.25) is 4.79 Å². The van der Waals surface area contributed by atoms with Crippen LogP contribution in [0.2, 0.25) is 0 Å². The quantitative estimate of drug-likeness (QED) is 0.563. The fourth-order valence-electron chi connectivity index (χ4n) is 0.536. The van der Waals surface area contributed by atoms with E-state index in [9.17, 15) is 4.79 Å². The third-order valence-electron chi connectivity index (χ3n) is 0.829. The molecule has 0 aliphatic carbocycles. The molecule has 0 aromatic rings. The number of thiocyanates is 1. The van der Waals surface area contributed by atoms with E-state index in [4.69, 9.17) is 5.26 Å². The molecule has 1 atom stereocenters. The van der Waals surface area contributed by atoms with Crippen LogP contribution >= 0.6 is 11.8 Å². The molecule has 0 aromatic carbocycles. The maximum atomic E-state index is 10.4. The third kappa shape index (κ3) is 5.38. The number of Topliss-reactive ketones (excluding diaryl/α,β-unsaturated/α-hetero) is 1. The first-order valence-electron chi connectivity index (χ1n) is 2.71. The van der Waals surface area contributed by atoms with E-state index < -0.39 is 0 Å². The number of hydrogen-bond donors (Lipinski definition) is 0. The first-order valence-corrected chi connectivity index (χ1v) is 3.59. The monoisotopic (exact) mass is 143 g/mol. The molecule has 0 fully saturated rings. The largest absolute Gasteiger partial charge is 0.300 e. The van der Waals surface area contributed by atoms with E-state index >= 15 is 0 Å². The molecule has 0 aliphatic heterocycles. The van der Waals surface area contributed by atoms with E-state index in [1.807, 2.05) is 12.3 Å². The van der Waals surface area contributed by atoms with Crippen LogP contribution in [-0.2, 0) is 4.79 Å². The van der Waals surface area contributed by atoms with E-state index in [0.717, 1.165) is 11.8 Å². The molecule has 0 rings (SSSR count). The van der Waals surface area contributed by atoms with E-state index in [2.05, 4.69) is 0 Å². The Bertz CT molecular complexity index is 138. The van der Waals surface area contributed by atoms with Gasteiger partial charge in [-0.05, 0) is 18.7 Å². The predicted octanol–water partition coefficient (Wildman–Crippen LogP) is 1.57. The zero-order chi connectivity index (χ0) is 7.28. The molecule has 0 aromatic heterocycles. The van der Waals surface area contributed by atoms with Crippen molar-refractivity contribution >= 4 is 17.5 Å². The average molecular weight is 143 g/mol. The predicted molar refractivity (Wildman–Crippen MR) is 38.0 cm³/mol. The van der Waals surface area contributed by atoms with Gasteiger partial charge in [0.1, 0.15) is 11.2 Å². The van der Waals surface area contributed by atoms with E-state index in [0.29, 0.717) is 6.42 Å². The smallest absolute Gasteiger partial charge is 0.133 e. The lowest BCUT2D eigenvalue weighted by molar-refractivity contribution is -0.116. The van der Waals surface area contributed by atoms with Gasteiger partial charge in [0.25, 0.3) is 0 Å². The van der Waals surface area contributed by atoms with Gasteiger partial charge in [-0.1, -0.05) is 6.92 Å². The van der Waals surface area contributed by atoms with Crippen molar-refractivity contribution in [3.63, 3.8) is 0 Å². The molecule has 50 valence electrons. The molecular weight excluding hydrogens is 134 g/mol. The lowest BCUT2D eigenvalue weighted by Gasteiger charge is -1.99. The van der Waals surface area contributed by atoms with Crippen molar-refractivity contribution in [3.8, 4) is 5.40 Å². The number of carbonyl (C=O) groups is 1. The highest BCUT2D eigenvalue weighted by atomic mass is 32.2. The molecule has 0 radical (unpaired) electrons. The summed E-state index contributed by atoms with van der Waals surface area (Å²) in [5.74, 6) is 0.144. The second-order valence-electron chi connectivity index (χ2n) is 1.93. The summed E-state index contributed by atoms with van der Waals surface area (Å²) in [6.07, 6.45) is 0.498. The summed E-state index contributed by atoms with van der Waals surface area (Å²) in [7, 11) is 0. The minimum atomic E-state index is 0.144. The summed E-state index contributed by atoms with van der Waals surface area (Å²) in [5.41, 5.74) is 0. The second kappa shape index (κ2) is 4.39. The van der Waals surface area contributed by atoms with Gasteiger partial charge in [-0.25, -0.2) is 0 Å². The van der Waals surface area contributed by atoms with Crippen LogP contribution in [0.15, 0.2) is 0 Å². The Balaban J connectivity index is 3.40. The van der Waals surface area contributed by atoms with Crippen LogP contribution in [-0.4, -0.2) is 11.0 Å². The summed E-state index contributed by atoms with van der Waals surface area (Å²) in [4.78, 5) is 10.4. The van der Waals surface area contributed by atoms with Gasteiger partial charge in [-0.2, -0.15) is 5.26 Å². The van der Waals surface area contributed by atoms with Crippen LogP contribution in [0.1, 0.15) is 20.3 Å². The van der Waals surface area contributed by atoms with Crippen molar-refractivity contribution in [2.75, 3.05) is 0 Å². The highest BCUT2D eigenvalue weighted by molar-refractivity contribution is 8.04.